The Kier molecular flexibility index (Phi) is 5.14. The Morgan fingerprint density at radius 2 is 1.74 bits per heavy atom. The number of rotatable bonds is 3. The number of amides is 2. The Labute approximate surface area is 182 Å². The highest BCUT2D eigenvalue weighted by Crippen LogP contribution is 2.34. The van der Waals surface area contributed by atoms with E-state index >= 15 is 0 Å². The van der Waals surface area contributed by atoms with Crippen molar-refractivity contribution in [2.45, 2.75) is 38.8 Å². The minimum absolute atomic E-state index is 0.0189. The maximum atomic E-state index is 13.5. The fraction of sp³-hybridized carbons (Fsp3) is 0.360. The maximum absolute atomic E-state index is 13.5. The van der Waals surface area contributed by atoms with E-state index in [1.54, 1.807) is 4.90 Å². The van der Waals surface area contributed by atoms with Crippen LogP contribution < -0.4 is 9.64 Å². The van der Waals surface area contributed by atoms with Gasteiger partial charge in [-0.3, -0.25) is 9.59 Å². The number of hydrogen-bond acceptors (Lipinski definition) is 3. The molecule has 3 aromatic rings. The van der Waals surface area contributed by atoms with Crippen LogP contribution in [0.3, 0.4) is 0 Å². The molecule has 0 saturated carbocycles. The molecule has 0 bridgehead atoms. The molecule has 2 aliphatic rings. The smallest absolute Gasteiger partial charge is 0.265 e. The van der Waals surface area contributed by atoms with E-state index in [1.807, 2.05) is 58.9 Å². The van der Waals surface area contributed by atoms with Gasteiger partial charge in [0.2, 0.25) is 5.91 Å². The average Bonchev–Trinajstić information content (AvgIpc) is 3.13. The molecule has 2 aliphatic heterocycles. The van der Waals surface area contributed by atoms with E-state index < -0.39 is 6.10 Å². The second-order valence-corrected chi connectivity index (χ2v) is 8.40. The van der Waals surface area contributed by atoms with Crippen molar-refractivity contribution in [1.82, 2.24) is 9.47 Å². The van der Waals surface area contributed by atoms with Crippen LogP contribution in [0.4, 0.5) is 5.69 Å². The number of aryl methyl sites for hydroxylation is 1. The van der Waals surface area contributed by atoms with Crippen LogP contribution in [0.15, 0.2) is 54.6 Å². The number of hydrogen-bond donors (Lipinski definition) is 0. The van der Waals surface area contributed by atoms with Gasteiger partial charge < -0.3 is 19.1 Å². The summed E-state index contributed by atoms with van der Waals surface area (Å²) in [5.41, 5.74) is 2.80. The van der Waals surface area contributed by atoms with E-state index in [-0.39, 0.29) is 24.9 Å². The Bertz CT molecular complexity index is 1130. The molecule has 0 radical (unpaired) electrons. The van der Waals surface area contributed by atoms with Crippen molar-refractivity contribution in [3.63, 3.8) is 0 Å². The molecule has 2 amide bonds. The Balaban J connectivity index is 1.43. The molecular weight excluding hydrogens is 390 g/mol. The zero-order chi connectivity index (χ0) is 21.4. The maximum Gasteiger partial charge on any atom is 0.265 e. The molecule has 5 rings (SSSR count). The Hall–Kier alpha value is -3.28. The van der Waals surface area contributed by atoms with Crippen LogP contribution in [0, 0.1) is 6.92 Å². The van der Waals surface area contributed by atoms with E-state index in [4.69, 9.17) is 4.74 Å². The summed E-state index contributed by atoms with van der Waals surface area (Å²) < 4.78 is 8.10. The SMILES string of the molecule is Cc1cc2ccccc2n1CC(=O)N1CC(C(=O)N2CCCCC2)Oc2ccccc21. The molecule has 2 aromatic carbocycles. The number of aromatic nitrogens is 1. The van der Waals surface area contributed by atoms with Gasteiger partial charge in [0.25, 0.3) is 5.91 Å². The third kappa shape index (κ3) is 3.67. The summed E-state index contributed by atoms with van der Waals surface area (Å²) in [6.07, 6.45) is 2.54. The first kappa shape index (κ1) is 19.7. The van der Waals surface area contributed by atoms with Crippen LogP contribution in [-0.4, -0.2) is 47.0 Å². The number of carbonyl (C=O) groups excluding carboxylic acids is 2. The lowest BCUT2D eigenvalue weighted by atomic mass is 10.1. The lowest BCUT2D eigenvalue weighted by Crippen LogP contribution is -2.53. The number of carbonyl (C=O) groups is 2. The van der Waals surface area contributed by atoms with Crippen molar-refractivity contribution in [1.29, 1.82) is 0 Å². The molecule has 0 spiro atoms. The predicted molar refractivity (Wildman–Crippen MR) is 120 cm³/mol. The first-order chi connectivity index (χ1) is 15.1. The van der Waals surface area contributed by atoms with E-state index in [2.05, 4.69) is 12.1 Å². The lowest BCUT2D eigenvalue weighted by molar-refractivity contribution is -0.139. The third-order valence-electron chi connectivity index (χ3n) is 6.33. The first-order valence-electron chi connectivity index (χ1n) is 11.0. The normalized spacial score (nSPS) is 18.5. The van der Waals surface area contributed by atoms with Crippen molar-refractivity contribution in [2.75, 3.05) is 24.5 Å². The molecule has 0 N–H and O–H groups in total. The number of fused-ring (bicyclic) bond motifs is 2. The summed E-state index contributed by atoms with van der Waals surface area (Å²) in [7, 11) is 0. The largest absolute Gasteiger partial charge is 0.476 e. The molecule has 1 saturated heterocycles. The van der Waals surface area contributed by atoms with Gasteiger partial charge in [-0.25, -0.2) is 0 Å². The van der Waals surface area contributed by atoms with Gasteiger partial charge in [0.1, 0.15) is 12.3 Å². The van der Waals surface area contributed by atoms with E-state index in [9.17, 15) is 9.59 Å². The summed E-state index contributed by atoms with van der Waals surface area (Å²) in [5, 5.41) is 1.12. The number of para-hydroxylation sites is 3. The van der Waals surface area contributed by atoms with Crippen LogP contribution in [0.5, 0.6) is 5.75 Å². The number of ether oxygens (including phenoxy) is 1. The quantitative estimate of drug-likeness (QED) is 0.652. The molecule has 0 aliphatic carbocycles. The molecule has 6 heteroatoms. The van der Waals surface area contributed by atoms with E-state index in [0.29, 0.717) is 5.75 Å². The fourth-order valence-corrected chi connectivity index (χ4v) is 4.70. The van der Waals surface area contributed by atoms with Crippen LogP contribution in [-0.2, 0) is 16.1 Å². The van der Waals surface area contributed by atoms with Crippen LogP contribution in [0.25, 0.3) is 10.9 Å². The summed E-state index contributed by atoms with van der Waals surface area (Å²) in [5.74, 6) is 0.526. The van der Waals surface area contributed by atoms with Crippen molar-refractivity contribution in [2.24, 2.45) is 0 Å². The van der Waals surface area contributed by atoms with Gasteiger partial charge in [-0.2, -0.15) is 0 Å². The Morgan fingerprint density at radius 1 is 1.00 bits per heavy atom. The molecule has 1 fully saturated rings. The molecule has 31 heavy (non-hydrogen) atoms. The van der Waals surface area contributed by atoms with Crippen molar-refractivity contribution >= 4 is 28.4 Å². The highest BCUT2D eigenvalue weighted by Gasteiger charge is 2.36. The lowest BCUT2D eigenvalue weighted by Gasteiger charge is -2.37. The molecule has 1 atom stereocenters. The predicted octanol–water partition coefficient (Wildman–Crippen LogP) is 3.76. The minimum atomic E-state index is -0.667. The summed E-state index contributed by atoms with van der Waals surface area (Å²) in [4.78, 5) is 30.2. The fourth-order valence-electron chi connectivity index (χ4n) is 4.70. The van der Waals surface area contributed by atoms with Gasteiger partial charge in [-0.05, 0) is 55.8 Å². The second-order valence-electron chi connectivity index (χ2n) is 8.40. The van der Waals surface area contributed by atoms with E-state index in [0.717, 1.165) is 54.6 Å². The topological polar surface area (TPSA) is 54.8 Å². The van der Waals surface area contributed by atoms with E-state index in [1.165, 1.54) is 0 Å². The summed E-state index contributed by atoms with van der Waals surface area (Å²) in [6.45, 7) is 4.01. The van der Waals surface area contributed by atoms with Gasteiger partial charge in [-0.15, -0.1) is 0 Å². The molecular formula is C25H27N3O3. The molecule has 1 unspecified atom stereocenters. The van der Waals surface area contributed by atoms with Crippen molar-refractivity contribution < 1.29 is 14.3 Å². The number of anilines is 1. The van der Waals surface area contributed by atoms with Crippen LogP contribution in [0.2, 0.25) is 0 Å². The van der Waals surface area contributed by atoms with Gasteiger partial charge in [0, 0.05) is 24.3 Å². The van der Waals surface area contributed by atoms with Gasteiger partial charge in [-0.1, -0.05) is 30.3 Å². The van der Waals surface area contributed by atoms with Crippen molar-refractivity contribution in [3.05, 3.63) is 60.3 Å². The zero-order valence-corrected chi connectivity index (χ0v) is 17.8. The molecule has 6 nitrogen and oxygen atoms in total. The van der Waals surface area contributed by atoms with Crippen LogP contribution >= 0.6 is 0 Å². The Morgan fingerprint density at radius 3 is 2.58 bits per heavy atom. The minimum Gasteiger partial charge on any atom is -0.476 e. The highest BCUT2D eigenvalue weighted by atomic mass is 16.5. The number of nitrogens with zero attached hydrogens (tertiary/aromatic N) is 3. The summed E-state index contributed by atoms with van der Waals surface area (Å²) >= 11 is 0. The number of benzene rings is 2. The van der Waals surface area contributed by atoms with Crippen molar-refractivity contribution in [3.8, 4) is 5.75 Å². The van der Waals surface area contributed by atoms with Gasteiger partial charge >= 0.3 is 0 Å². The van der Waals surface area contributed by atoms with Gasteiger partial charge in [0.05, 0.1) is 12.2 Å². The second kappa shape index (κ2) is 8.10. The van der Waals surface area contributed by atoms with Gasteiger partial charge in [0.15, 0.2) is 6.10 Å². The number of likely N-dealkylation sites (tertiary alicyclic amines) is 1. The standard InChI is InChI=1S/C25H27N3O3/c1-18-15-19-9-3-4-10-20(19)27(18)17-24(29)28-16-23(25(30)26-13-7-2-8-14-26)31-22-12-6-5-11-21(22)28/h3-6,9-12,15,23H,2,7-8,13-14,16-17H2,1H3. The number of piperidine rings is 1. The summed E-state index contributed by atoms with van der Waals surface area (Å²) in [6, 6.07) is 17.7. The third-order valence-corrected chi connectivity index (χ3v) is 6.33. The monoisotopic (exact) mass is 417 g/mol. The molecule has 1 aromatic heterocycles. The highest BCUT2D eigenvalue weighted by molar-refractivity contribution is 5.98. The molecule has 160 valence electrons. The van der Waals surface area contributed by atoms with Crippen LogP contribution in [0.1, 0.15) is 25.0 Å². The zero-order valence-electron chi connectivity index (χ0n) is 17.8. The average molecular weight is 418 g/mol. The molecule has 3 heterocycles. The first-order valence-corrected chi connectivity index (χ1v) is 11.0.